The number of hydrogen-bond donors (Lipinski definition) is 1. The highest BCUT2D eigenvalue weighted by Crippen LogP contribution is 2.01. The minimum atomic E-state index is 0.208. The summed E-state index contributed by atoms with van der Waals surface area (Å²) in [5.41, 5.74) is 6.50. The molecule has 0 spiro atoms. The first kappa shape index (κ1) is 9.19. The van der Waals surface area contributed by atoms with Crippen molar-refractivity contribution in [1.82, 2.24) is 9.78 Å². The van der Waals surface area contributed by atoms with E-state index in [1.807, 2.05) is 30.8 Å². The Morgan fingerprint density at radius 3 is 2.92 bits per heavy atom. The van der Waals surface area contributed by atoms with Gasteiger partial charge >= 0.3 is 0 Å². The van der Waals surface area contributed by atoms with E-state index in [4.69, 9.17) is 18.0 Å². The van der Waals surface area contributed by atoms with Crippen LogP contribution in [0.4, 0.5) is 0 Å². The predicted molar refractivity (Wildman–Crippen MR) is 52.9 cm³/mol. The van der Waals surface area contributed by atoms with Crippen molar-refractivity contribution in [1.29, 1.82) is 0 Å². The van der Waals surface area contributed by atoms with E-state index in [2.05, 4.69) is 5.10 Å². The lowest BCUT2D eigenvalue weighted by atomic mass is 10.2. The van der Waals surface area contributed by atoms with Crippen LogP contribution in [0.1, 0.15) is 12.6 Å². The van der Waals surface area contributed by atoms with E-state index >= 15 is 0 Å². The second-order valence-corrected chi connectivity index (χ2v) is 3.45. The molecule has 0 aliphatic carbocycles. The van der Waals surface area contributed by atoms with E-state index in [1.54, 1.807) is 0 Å². The molecule has 0 unspecified atom stereocenters. The molecule has 1 rings (SSSR count). The predicted octanol–water partition coefficient (Wildman–Crippen LogP) is 1.11. The van der Waals surface area contributed by atoms with Crippen molar-refractivity contribution in [2.24, 2.45) is 11.7 Å². The molecule has 0 aliphatic heterocycles. The second-order valence-electron chi connectivity index (χ2n) is 2.98. The number of hydrogen-bond acceptors (Lipinski definition) is 2. The van der Waals surface area contributed by atoms with Gasteiger partial charge in [0.05, 0.1) is 10.7 Å². The van der Waals surface area contributed by atoms with Gasteiger partial charge in [0.25, 0.3) is 0 Å². The fourth-order valence-corrected chi connectivity index (χ4v) is 1.01. The zero-order valence-electron chi connectivity index (χ0n) is 7.32. The topological polar surface area (TPSA) is 43.8 Å². The molecule has 0 fully saturated rings. The van der Waals surface area contributed by atoms with Gasteiger partial charge in [-0.2, -0.15) is 5.10 Å². The van der Waals surface area contributed by atoms with Crippen LogP contribution in [0.2, 0.25) is 0 Å². The highest BCUT2D eigenvalue weighted by molar-refractivity contribution is 7.80. The Kier molecular flexibility index (Phi) is 2.81. The summed E-state index contributed by atoms with van der Waals surface area (Å²) in [6, 6.07) is 1.96. The number of rotatable bonds is 3. The Morgan fingerprint density at radius 1 is 1.83 bits per heavy atom. The lowest BCUT2D eigenvalue weighted by Gasteiger charge is -2.08. The number of aromatic nitrogens is 2. The summed E-state index contributed by atoms with van der Waals surface area (Å²) < 4.78 is 1.86. The molecule has 66 valence electrons. The maximum Gasteiger partial charge on any atom is 0.0774 e. The Morgan fingerprint density at radius 2 is 2.50 bits per heavy atom. The van der Waals surface area contributed by atoms with Gasteiger partial charge in [-0.3, -0.25) is 4.68 Å². The van der Waals surface area contributed by atoms with Gasteiger partial charge in [-0.1, -0.05) is 19.1 Å². The smallest absolute Gasteiger partial charge is 0.0774 e. The number of nitrogens with two attached hydrogens (primary N) is 1. The first-order chi connectivity index (χ1) is 5.59. The standard InChI is InChI=1S/C8H13N3S/c1-6(8(9)12)5-11-4-3-7(2)10-11/h3-4,6H,5H2,1-2H3,(H2,9,12)/t6-/m0/s1. The molecule has 1 heterocycles. The third-order valence-corrected chi connectivity index (χ3v) is 2.12. The summed E-state index contributed by atoms with van der Waals surface area (Å²) in [5.74, 6) is 0.208. The molecule has 2 N–H and O–H groups in total. The van der Waals surface area contributed by atoms with Crippen LogP contribution in [-0.4, -0.2) is 14.8 Å². The Labute approximate surface area is 77.6 Å². The van der Waals surface area contributed by atoms with Crippen LogP contribution in [0.3, 0.4) is 0 Å². The van der Waals surface area contributed by atoms with Gasteiger partial charge in [0.1, 0.15) is 0 Å². The molecule has 4 heteroatoms. The normalized spacial score (nSPS) is 12.8. The highest BCUT2D eigenvalue weighted by Gasteiger charge is 2.05. The lowest BCUT2D eigenvalue weighted by molar-refractivity contribution is 0.540. The van der Waals surface area contributed by atoms with Crippen LogP contribution in [0.5, 0.6) is 0 Å². The summed E-state index contributed by atoms with van der Waals surface area (Å²) in [6.45, 7) is 4.73. The fraction of sp³-hybridized carbons (Fsp3) is 0.500. The monoisotopic (exact) mass is 183 g/mol. The third-order valence-electron chi connectivity index (χ3n) is 1.72. The summed E-state index contributed by atoms with van der Waals surface area (Å²) in [7, 11) is 0. The maximum absolute atomic E-state index is 5.48. The summed E-state index contributed by atoms with van der Waals surface area (Å²) in [4.78, 5) is 0.545. The van der Waals surface area contributed by atoms with Crippen LogP contribution in [0, 0.1) is 12.8 Å². The van der Waals surface area contributed by atoms with Crippen molar-refractivity contribution in [3.63, 3.8) is 0 Å². The Bertz CT molecular complexity index is 280. The van der Waals surface area contributed by atoms with Gasteiger partial charge in [0, 0.05) is 18.7 Å². The van der Waals surface area contributed by atoms with Crippen molar-refractivity contribution in [3.05, 3.63) is 18.0 Å². The van der Waals surface area contributed by atoms with E-state index in [9.17, 15) is 0 Å². The molecule has 0 aromatic carbocycles. The zero-order chi connectivity index (χ0) is 9.14. The van der Waals surface area contributed by atoms with Gasteiger partial charge in [-0.25, -0.2) is 0 Å². The minimum Gasteiger partial charge on any atom is -0.393 e. The van der Waals surface area contributed by atoms with E-state index in [1.165, 1.54) is 0 Å². The van der Waals surface area contributed by atoms with Crippen molar-refractivity contribution in [2.75, 3.05) is 0 Å². The molecule has 0 aliphatic rings. The lowest BCUT2D eigenvalue weighted by Crippen LogP contribution is -2.23. The summed E-state index contributed by atoms with van der Waals surface area (Å²) in [6.07, 6.45) is 1.93. The van der Waals surface area contributed by atoms with Crippen LogP contribution >= 0.6 is 12.2 Å². The summed E-state index contributed by atoms with van der Waals surface area (Å²) >= 11 is 4.86. The van der Waals surface area contributed by atoms with Crippen molar-refractivity contribution in [3.8, 4) is 0 Å². The van der Waals surface area contributed by atoms with E-state index in [0.29, 0.717) is 4.99 Å². The molecular formula is C8H13N3S. The van der Waals surface area contributed by atoms with E-state index in [-0.39, 0.29) is 5.92 Å². The molecule has 12 heavy (non-hydrogen) atoms. The van der Waals surface area contributed by atoms with Crippen LogP contribution in [0.15, 0.2) is 12.3 Å². The van der Waals surface area contributed by atoms with Crippen LogP contribution in [-0.2, 0) is 6.54 Å². The fourth-order valence-electron chi connectivity index (χ4n) is 0.935. The van der Waals surface area contributed by atoms with Gasteiger partial charge in [-0.05, 0) is 13.0 Å². The molecule has 0 bridgehead atoms. The molecule has 0 amide bonds. The largest absolute Gasteiger partial charge is 0.393 e. The second kappa shape index (κ2) is 3.67. The first-order valence-corrected chi connectivity index (χ1v) is 4.30. The van der Waals surface area contributed by atoms with Crippen LogP contribution < -0.4 is 5.73 Å². The Balaban J connectivity index is 2.58. The molecule has 1 atom stereocenters. The van der Waals surface area contributed by atoms with Gasteiger partial charge < -0.3 is 5.73 Å². The quantitative estimate of drug-likeness (QED) is 0.714. The number of thiocarbonyl (C=S) groups is 1. The Hall–Kier alpha value is -0.900. The SMILES string of the molecule is Cc1ccn(C[C@H](C)C(N)=S)n1. The molecular weight excluding hydrogens is 170 g/mol. The van der Waals surface area contributed by atoms with Crippen molar-refractivity contribution in [2.45, 2.75) is 20.4 Å². The maximum atomic E-state index is 5.48. The molecule has 0 saturated carbocycles. The van der Waals surface area contributed by atoms with E-state index in [0.717, 1.165) is 12.2 Å². The number of aryl methyl sites for hydroxylation is 1. The van der Waals surface area contributed by atoms with Crippen LogP contribution in [0.25, 0.3) is 0 Å². The van der Waals surface area contributed by atoms with Gasteiger partial charge in [-0.15, -0.1) is 0 Å². The average molecular weight is 183 g/mol. The molecule has 0 saturated heterocycles. The molecule has 1 aromatic heterocycles. The van der Waals surface area contributed by atoms with E-state index < -0.39 is 0 Å². The van der Waals surface area contributed by atoms with Crippen molar-refractivity contribution >= 4 is 17.2 Å². The highest BCUT2D eigenvalue weighted by atomic mass is 32.1. The summed E-state index contributed by atoms with van der Waals surface area (Å²) in [5, 5.41) is 4.23. The first-order valence-electron chi connectivity index (χ1n) is 3.89. The molecule has 1 aromatic rings. The third kappa shape index (κ3) is 2.30. The average Bonchev–Trinajstić information content (AvgIpc) is 2.35. The molecule has 3 nitrogen and oxygen atoms in total. The minimum absolute atomic E-state index is 0.208. The van der Waals surface area contributed by atoms with Crippen molar-refractivity contribution < 1.29 is 0 Å². The number of nitrogens with zero attached hydrogens (tertiary/aromatic N) is 2. The van der Waals surface area contributed by atoms with Gasteiger partial charge in [0.15, 0.2) is 0 Å². The van der Waals surface area contributed by atoms with Gasteiger partial charge in [0.2, 0.25) is 0 Å². The molecule has 0 radical (unpaired) electrons. The zero-order valence-corrected chi connectivity index (χ0v) is 8.14.